The summed E-state index contributed by atoms with van der Waals surface area (Å²) in [7, 11) is 0. The van der Waals surface area contributed by atoms with Crippen LogP contribution in [0.15, 0.2) is 36.4 Å². The van der Waals surface area contributed by atoms with Gasteiger partial charge in [0.1, 0.15) is 5.75 Å². The Hall–Kier alpha value is -1.22. The van der Waals surface area contributed by atoms with Crippen molar-refractivity contribution in [2.45, 2.75) is 20.4 Å². The van der Waals surface area contributed by atoms with Crippen molar-refractivity contribution >= 4 is 23.2 Å². The first-order valence-corrected chi connectivity index (χ1v) is 7.29. The van der Waals surface area contributed by atoms with E-state index < -0.39 is 0 Å². The number of aryl methyl sites for hydroxylation is 1. The third-order valence-electron chi connectivity index (χ3n) is 2.96. The molecule has 0 atom stereocenters. The van der Waals surface area contributed by atoms with Crippen molar-refractivity contribution in [2.24, 2.45) is 0 Å². The zero-order valence-corrected chi connectivity index (χ0v) is 13.1. The van der Waals surface area contributed by atoms with E-state index in [2.05, 4.69) is 12.2 Å². The number of ether oxygens (including phenoxy) is 1. The van der Waals surface area contributed by atoms with Gasteiger partial charge in [-0.3, -0.25) is 0 Å². The second-order valence-electron chi connectivity index (χ2n) is 4.52. The quantitative estimate of drug-likeness (QED) is 0.819. The lowest BCUT2D eigenvalue weighted by Crippen LogP contribution is -2.12. The van der Waals surface area contributed by atoms with Gasteiger partial charge < -0.3 is 10.1 Å². The fraction of sp³-hybridized carbons (Fsp3) is 0.250. The highest BCUT2D eigenvalue weighted by Crippen LogP contribution is 2.35. The summed E-state index contributed by atoms with van der Waals surface area (Å²) in [5, 5.41) is 4.58. The first-order valence-electron chi connectivity index (χ1n) is 6.54. The number of nitrogens with one attached hydrogen (secondary N) is 1. The summed E-state index contributed by atoms with van der Waals surface area (Å²) in [6.45, 7) is 5.64. The summed E-state index contributed by atoms with van der Waals surface area (Å²) >= 11 is 12.2. The van der Waals surface area contributed by atoms with Gasteiger partial charge in [0.2, 0.25) is 0 Å². The van der Waals surface area contributed by atoms with Crippen molar-refractivity contribution in [1.82, 2.24) is 5.32 Å². The van der Waals surface area contributed by atoms with E-state index in [4.69, 9.17) is 27.9 Å². The molecule has 0 fully saturated rings. The number of benzene rings is 2. The Balaban J connectivity index is 2.32. The SMILES string of the molecule is CCNCc1cccc(Cl)c1Oc1ccc(Cl)cc1C. The molecule has 0 spiro atoms. The van der Waals surface area contributed by atoms with Gasteiger partial charge in [-0.05, 0) is 43.3 Å². The Morgan fingerprint density at radius 2 is 1.95 bits per heavy atom. The maximum absolute atomic E-state index is 6.26. The average molecular weight is 310 g/mol. The number of para-hydroxylation sites is 1. The Morgan fingerprint density at radius 1 is 1.15 bits per heavy atom. The minimum absolute atomic E-state index is 0.606. The Bertz CT molecular complexity index is 599. The van der Waals surface area contributed by atoms with Gasteiger partial charge in [0.25, 0.3) is 0 Å². The number of hydrogen-bond donors (Lipinski definition) is 1. The van der Waals surface area contributed by atoms with Gasteiger partial charge in [0, 0.05) is 17.1 Å². The van der Waals surface area contributed by atoms with E-state index in [-0.39, 0.29) is 0 Å². The van der Waals surface area contributed by atoms with Crippen LogP contribution in [0.3, 0.4) is 0 Å². The zero-order chi connectivity index (χ0) is 14.5. The van der Waals surface area contributed by atoms with Crippen molar-refractivity contribution in [1.29, 1.82) is 0 Å². The summed E-state index contributed by atoms with van der Waals surface area (Å²) in [6.07, 6.45) is 0. The van der Waals surface area contributed by atoms with Crippen molar-refractivity contribution in [3.05, 3.63) is 57.6 Å². The highest BCUT2D eigenvalue weighted by molar-refractivity contribution is 6.32. The summed E-state index contributed by atoms with van der Waals surface area (Å²) in [5.41, 5.74) is 2.01. The first kappa shape index (κ1) is 15.2. The smallest absolute Gasteiger partial charge is 0.150 e. The lowest BCUT2D eigenvalue weighted by molar-refractivity contribution is 0.470. The molecule has 0 heterocycles. The van der Waals surface area contributed by atoms with E-state index in [1.54, 1.807) is 0 Å². The Kier molecular flexibility index (Phi) is 5.30. The molecule has 0 unspecified atom stereocenters. The first-order chi connectivity index (χ1) is 9.61. The molecule has 106 valence electrons. The largest absolute Gasteiger partial charge is 0.455 e. The van der Waals surface area contributed by atoms with Crippen LogP contribution in [-0.4, -0.2) is 6.54 Å². The molecule has 2 rings (SSSR count). The molecule has 0 radical (unpaired) electrons. The predicted molar refractivity (Wildman–Crippen MR) is 85.1 cm³/mol. The second kappa shape index (κ2) is 6.98. The van der Waals surface area contributed by atoms with Gasteiger partial charge in [-0.15, -0.1) is 0 Å². The lowest BCUT2D eigenvalue weighted by atomic mass is 10.2. The molecule has 0 aliphatic rings. The topological polar surface area (TPSA) is 21.3 Å². The predicted octanol–water partition coefficient (Wildman–Crippen LogP) is 5.20. The van der Waals surface area contributed by atoms with Crippen LogP contribution in [0.2, 0.25) is 10.0 Å². The van der Waals surface area contributed by atoms with E-state index >= 15 is 0 Å². The standard InChI is InChI=1S/C16H17Cl2NO/c1-3-19-10-12-5-4-6-14(18)16(12)20-15-8-7-13(17)9-11(15)2/h4-9,19H,3,10H2,1-2H3. The maximum atomic E-state index is 6.26. The van der Waals surface area contributed by atoms with E-state index in [9.17, 15) is 0 Å². The van der Waals surface area contributed by atoms with Crippen LogP contribution in [0.5, 0.6) is 11.5 Å². The summed E-state index contributed by atoms with van der Waals surface area (Å²) in [5.74, 6) is 1.46. The molecule has 2 aromatic rings. The Labute approximate surface area is 129 Å². The molecule has 0 aromatic heterocycles. The molecular weight excluding hydrogens is 293 g/mol. The summed E-state index contributed by atoms with van der Waals surface area (Å²) in [4.78, 5) is 0. The van der Waals surface area contributed by atoms with Gasteiger partial charge in [-0.2, -0.15) is 0 Å². The molecule has 1 N–H and O–H groups in total. The van der Waals surface area contributed by atoms with Crippen molar-refractivity contribution in [3.63, 3.8) is 0 Å². The molecule has 0 aliphatic heterocycles. The highest BCUT2D eigenvalue weighted by Gasteiger charge is 2.11. The Morgan fingerprint density at radius 3 is 2.65 bits per heavy atom. The van der Waals surface area contributed by atoms with Crippen LogP contribution in [0.1, 0.15) is 18.1 Å². The summed E-state index contributed by atoms with van der Waals surface area (Å²) in [6, 6.07) is 11.3. The second-order valence-corrected chi connectivity index (χ2v) is 5.36. The van der Waals surface area contributed by atoms with Gasteiger partial charge in [-0.1, -0.05) is 42.3 Å². The summed E-state index contributed by atoms with van der Waals surface area (Å²) < 4.78 is 5.99. The molecule has 2 nitrogen and oxygen atoms in total. The average Bonchev–Trinajstić information content (AvgIpc) is 2.42. The van der Waals surface area contributed by atoms with Crippen LogP contribution in [0.25, 0.3) is 0 Å². The number of hydrogen-bond acceptors (Lipinski definition) is 2. The maximum Gasteiger partial charge on any atom is 0.150 e. The van der Waals surface area contributed by atoms with E-state index in [1.165, 1.54) is 0 Å². The number of halogens is 2. The third kappa shape index (κ3) is 3.66. The van der Waals surface area contributed by atoms with Crippen LogP contribution in [-0.2, 0) is 6.54 Å². The van der Waals surface area contributed by atoms with Crippen molar-refractivity contribution < 1.29 is 4.74 Å². The normalized spacial score (nSPS) is 10.6. The van der Waals surface area contributed by atoms with Gasteiger partial charge in [-0.25, -0.2) is 0 Å². The van der Waals surface area contributed by atoms with Crippen LogP contribution < -0.4 is 10.1 Å². The highest BCUT2D eigenvalue weighted by atomic mass is 35.5. The fourth-order valence-electron chi connectivity index (χ4n) is 1.90. The van der Waals surface area contributed by atoms with Crippen LogP contribution >= 0.6 is 23.2 Å². The number of rotatable bonds is 5. The van der Waals surface area contributed by atoms with E-state index in [0.29, 0.717) is 15.8 Å². The van der Waals surface area contributed by atoms with Crippen LogP contribution in [0, 0.1) is 6.92 Å². The minimum atomic E-state index is 0.606. The molecule has 4 heteroatoms. The third-order valence-corrected chi connectivity index (χ3v) is 3.50. The molecule has 2 aromatic carbocycles. The van der Waals surface area contributed by atoms with Gasteiger partial charge in [0.15, 0.2) is 5.75 Å². The van der Waals surface area contributed by atoms with Gasteiger partial charge in [0.05, 0.1) is 5.02 Å². The molecular formula is C16H17Cl2NO. The molecule has 0 saturated heterocycles. The molecule has 0 amide bonds. The zero-order valence-electron chi connectivity index (χ0n) is 11.5. The molecule has 0 bridgehead atoms. The van der Waals surface area contributed by atoms with E-state index in [1.807, 2.05) is 43.3 Å². The van der Waals surface area contributed by atoms with Crippen LogP contribution in [0.4, 0.5) is 0 Å². The molecule has 0 aliphatic carbocycles. The van der Waals surface area contributed by atoms with Crippen molar-refractivity contribution in [3.8, 4) is 11.5 Å². The van der Waals surface area contributed by atoms with Crippen molar-refractivity contribution in [2.75, 3.05) is 6.54 Å². The van der Waals surface area contributed by atoms with E-state index in [0.717, 1.165) is 30.0 Å². The minimum Gasteiger partial charge on any atom is -0.455 e. The molecule has 20 heavy (non-hydrogen) atoms. The van der Waals surface area contributed by atoms with Gasteiger partial charge >= 0.3 is 0 Å². The fourth-order valence-corrected chi connectivity index (χ4v) is 2.36. The monoisotopic (exact) mass is 309 g/mol. The lowest BCUT2D eigenvalue weighted by Gasteiger charge is -2.14. The molecule has 0 saturated carbocycles.